The van der Waals surface area contributed by atoms with E-state index in [0.29, 0.717) is 33.7 Å². The summed E-state index contributed by atoms with van der Waals surface area (Å²) < 4.78 is 12.1. The van der Waals surface area contributed by atoms with E-state index in [1.807, 2.05) is 6.07 Å². The number of hydrazone groups is 1. The fourth-order valence-electron chi connectivity index (χ4n) is 5.65. The number of benzene rings is 1. The number of methoxy groups -OCH3 is 1. The van der Waals surface area contributed by atoms with Gasteiger partial charge in [-0.25, -0.2) is 0 Å². The number of carbonyl (C=O) groups excluding carboxylic acids is 1. The highest BCUT2D eigenvalue weighted by atomic mass is 79.9. The van der Waals surface area contributed by atoms with Gasteiger partial charge in [-0.05, 0) is 102 Å². The second-order valence-corrected chi connectivity index (χ2v) is 9.65. The Labute approximate surface area is 178 Å². The molecule has 0 spiro atoms. The Morgan fingerprint density at radius 3 is 2.43 bits per heavy atom. The summed E-state index contributed by atoms with van der Waals surface area (Å²) in [7, 11) is 1.55. The molecule has 150 valence electrons. The minimum atomic E-state index is -0.319. The van der Waals surface area contributed by atoms with E-state index in [2.05, 4.69) is 26.5 Å². The largest absolute Gasteiger partial charge is 0.493 e. The third kappa shape index (κ3) is 3.76. The molecule has 1 aromatic carbocycles. The van der Waals surface area contributed by atoms with Gasteiger partial charge in [0.05, 0.1) is 23.2 Å². The summed E-state index contributed by atoms with van der Waals surface area (Å²) in [5, 5.41) is 4.04. The first-order valence-electron chi connectivity index (χ1n) is 9.57. The lowest BCUT2D eigenvalue weighted by Crippen LogP contribution is -2.51. The lowest BCUT2D eigenvalue weighted by molar-refractivity contribution is -0.161. The molecule has 0 heterocycles. The van der Waals surface area contributed by atoms with Crippen LogP contribution in [-0.4, -0.2) is 24.4 Å². The molecule has 0 amide bonds. The Balaban J connectivity index is 1.55. The van der Waals surface area contributed by atoms with E-state index in [9.17, 15) is 4.79 Å². The minimum Gasteiger partial charge on any atom is -0.493 e. The van der Waals surface area contributed by atoms with Crippen LogP contribution in [-0.2, 0) is 4.79 Å². The molecule has 28 heavy (non-hydrogen) atoms. The van der Waals surface area contributed by atoms with Crippen LogP contribution in [0.1, 0.15) is 44.1 Å². The van der Waals surface area contributed by atoms with Crippen molar-refractivity contribution in [3.63, 3.8) is 0 Å². The normalized spacial score (nSPS) is 30.4. The van der Waals surface area contributed by atoms with E-state index in [-0.39, 0.29) is 16.5 Å². The Kier molecular flexibility index (Phi) is 5.35. The van der Waals surface area contributed by atoms with E-state index in [1.165, 1.54) is 19.3 Å². The highest BCUT2D eigenvalue weighted by Crippen LogP contribution is 2.60. The lowest BCUT2D eigenvalue weighted by Gasteiger charge is -2.55. The molecular weight excluding hydrogens is 442 g/mol. The van der Waals surface area contributed by atoms with Crippen molar-refractivity contribution in [3.05, 3.63) is 22.2 Å². The van der Waals surface area contributed by atoms with Gasteiger partial charge in [0.15, 0.2) is 16.6 Å². The molecule has 1 aromatic rings. The van der Waals surface area contributed by atoms with Crippen molar-refractivity contribution in [2.75, 3.05) is 7.11 Å². The SMILES string of the molecule is COc1cc(C=NNC(N)=S)cc(Br)c1OC(=O)C12CC3CC(CC(C3)C1)C2. The lowest BCUT2D eigenvalue weighted by atomic mass is 9.49. The highest BCUT2D eigenvalue weighted by molar-refractivity contribution is 9.10. The summed E-state index contributed by atoms with van der Waals surface area (Å²) in [6.07, 6.45) is 8.32. The predicted octanol–water partition coefficient (Wildman–Crippen LogP) is 3.75. The van der Waals surface area contributed by atoms with Crippen LogP contribution in [0, 0.1) is 23.2 Å². The molecule has 0 radical (unpaired) electrons. The molecule has 0 unspecified atom stereocenters. The maximum atomic E-state index is 13.3. The average molecular weight is 466 g/mol. The Bertz CT molecular complexity index is 807. The number of esters is 1. The van der Waals surface area contributed by atoms with Crippen molar-refractivity contribution in [1.29, 1.82) is 0 Å². The Hall–Kier alpha value is -1.67. The molecular formula is C20H24BrN3O3S. The second kappa shape index (κ2) is 7.63. The van der Waals surface area contributed by atoms with E-state index >= 15 is 0 Å². The number of nitrogens with two attached hydrogens (primary N) is 1. The first-order valence-corrected chi connectivity index (χ1v) is 10.8. The zero-order valence-corrected chi connectivity index (χ0v) is 18.1. The van der Waals surface area contributed by atoms with Crippen molar-refractivity contribution in [2.24, 2.45) is 34.0 Å². The van der Waals surface area contributed by atoms with Gasteiger partial charge in [0.2, 0.25) is 0 Å². The molecule has 4 fully saturated rings. The Morgan fingerprint density at radius 1 is 1.29 bits per heavy atom. The number of nitrogens with zero attached hydrogens (tertiary/aromatic N) is 1. The van der Waals surface area contributed by atoms with Crippen LogP contribution in [0.5, 0.6) is 11.5 Å². The van der Waals surface area contributed by atoms with Crippen LogP contribution in [0.3, 0.4) is 0 Å². The topological polar surface area (TPSA) is 85.9 Å². The fraction of sp³-hybridized carbons (Fsp3) is 0.550. The summed E-state index contributed by atoms with van der Waals surface area (Å²) in [4.78, 5) is 13.3. The molecule has 4 bridgehead atoms. The summed E-state index contributed by atoms with van der Waals surface area (Å²) >= 11 is 8.23. The summed E-state index contributed by atoms with van der Waals surface area (Å²) in [6, 6.07) is 3.58. The third-order valence-corrected chi connectivity index (χ3v) is 6.99. The second-order valence-electron chi connectivity index (χ2n) is 8.36. The van der Waals surface area contributed by atoms with Crippen LogP contribution in [0.15, 0.2) is 21.7 Å². The molecule has 4 aliphatic carbocycles. The van der Waals surface area contributed by atoms with Crippen molar-refractivity contribution in [3.8, 4) is 11.5 Å². The van der Waals surface area contributed by atoms with Crippen LogP contribution in [0.4, 0.5) is 0 Å². The smallest absolute Gasteiger partial charge is 0.317 e. The zero-order chi connectivity index (χ0) is 19.9. The fourth-order valence-corrected chi connectivity index (χ4v) is 6.24. The van der Waals surface area contributed by atoms with E-state index in [4.69, 9.17) is 27.4 Å². The number of hydrogen-bond donors (Lipinski definition) is 2. The molecule has 4 aliphatic rings. The van der Waals surface area contributed by atoms with Gasteiger partial charge in [0.1, 0.15) is 0 Å². The molecule has 0 saturated heterocycles. The van der Waals surface area contributed by atoms with E-state index in [0.717, 1.165) is 24.8 Å². The van der Waals surface area contributed by atoms with Gasteiger partial charge < -0.3 is 15.2 Å². The molecule has 8 heteroatoms. The number of hydrogen-bond acceptors (Lipinski definition) is 5. The summed E-state index contributed by atoms with van der Waals surface area (Å²) in [6.45, 7) is 0. The first-order chi connectivity index (χ1) is 13.4. The van der Waals surface area contributed by atoms with Gasteiger partial charge >= 0.3 is 5.97 Å². The number of halogens is 1. The number of nitrogens with one attached hydrogen (secondary N) is 1. The van der Waals surface area contributed by atoms with Crippen LogP contribution in [0.2, 0.25) is 0 Å². The maximum absolute atomic E-state index is 13.3. The third-order valence-electron chi connectivity index (χ3n) is 6.31. The average Bonchev–Trinajstić information content (AvgIpc) is 2.62. The van der Waals surface area contributed by atoms with Gasteiger partial charge in [-0.2, -0.15) is 5.10 Å². The van der Waals surface area contributed by atoms with E-state index in [1.54, 1.807) is 19.4 Å². The van der Waals surface area contributed by atoms with Crippen molar-refractivity contribution in [1.82, 2.24) is 5.43 Å². The van der Waals surface area contributed by atoms with Crippen LogP contribution >= 0.6 is 28.1 Å². The molecule has 4 saturated carbocycles. The molecule has 3 N–H and O–H groups in total. The first kappa shape index (κ1) is 19.6. The van der Waals surface area contributed by atoms with Gasteiger partial charge in [0, 0.05) is 0 Å². The van der Waals surface area contributed by atoms with Gasteiger partial charge in [-0.1, -0.05) is 0 Å². The van der Waals surface area contributed by atoms with E-state index < -0.39 is 0 Å². The number of rotatable bonds is 5. The number of thiocarbonyl (C=S) groups is 1. The van der Waals surface area contributed by atoms with Crippen molar-refractivity contribution < 1.29 is 14.3 Å². The minimum absolute atomic E-state index is 0.0865. The number of ether oxygens (including phenoxy) is 2. The molecule has 0 aromatic heterocycles. The standard InChI is InChI=1S/C20H24BrN3O3S/c1-26-16-6-14(10-23-24-19(22)28)5-15(21)17(16)27-18(25)20-7-11-2-12(8-20)4-13(3-11)9-20/h5-6,10-13H,2-4,7-9H2,1H3,(H3,22,24,28). The predicted molar refractivity (Wildman–Crippen MR) is 114 cm³/mol. The Morgan fingerprint density at radius 2 is 1.89 bits per heavy atom. The molecule has 0 atom stereocenters. The summed E-state index contributed by atoms with van der Waals surface area (Å²) in [5.74, 6) is 2.84. The van der Waals surface area contributed by atoms with Gasteiger partial charge in [-0.3, -0.25) is 10.2 Å². The quantitative estimate of drug-likeness (QED) is 0.226. The molecule has 6 nitrogen and oxygen atoms in total. The van der Waals surface area contributed by atoms with Crippen molar-refractivity contribution >= 4 is 45.4 Å². The molecule has 0 aliphatic heterocycles. The van der Waals surface area contributed by atoms with Gasteiger partial charge in [0.25, 0.3) is 0 Å². The van der Waals surface area contributed by atoms with Crippen LogP contribution in [0.25, 0.3) is 0 Å². The molecule has 5 rings (SSSR count). The van der Waals surface area contributed by atoms with Gasteiger partial charge in [-0.15, -0.1) is 0 Å². The highest BCUT2D eigenvalue weighted by Gasteiger charge is 2.55. The summed E-state index contributed by atoms with van der Waals surface area (Å²) in [5.41, 5.74) is 8.30. The number of carbonyl (C=O) groups is 1. The zero-order valence-electron chi connectivity index (χ0n) is 15.7. The van der Waals surface area contributed by atoms with Crippen LogP contribution < -0.4 is 20.6 Å². The maximum Gasteiger partial charge on any atom is 0.317 e. The van der Waals surface area contributed by atoms with Crippen molar-refractivity contribution in [2.45, 2.75) is 38.5 Å². The monoisotopic (exact) mass is 465 g/mol.